The Labute approximate surface area is 118 Å². The minimum atomic E-state index is 0.720. The Balaban J connectivity index is 2.03. The molecule has 3 aromatic rings. The van der Waals surface area contributed by atoms with Gasteiger partial charge in [0.2, 0.25) is 0 Å². The van der Waals surface area contributed by atoms with Crippen LogP contribution in [0.4, 0.5) is 0 Å². The lowest BCUT2D eigenvalue weighted by Crippen LogP contribution is -1.99. The van der Waals surface area contributed by atoms with Crippen LogP contribution in [0.15, 0.2) is 48.7 Å². The van der Waals surface area contributed by atoms with Crippen molar-refractivity contribution < 1.29 is 4.79 Å². The number of carbonyl (C=O) groups is 1. The molecule has 0 saturated heterocycles. The molecule has 0 amide bonds. The van der Waals surface area contributed by atoms with Crippen molar-refractivity contribution in [3.63, 3.8) is 0 Å². The lowest BCUT2D eigenvalue weighted by Gasteiger charge is -2.08. The third-order valence-corrected chi connectivity index (χ3v) is 3.57. The van der Waals surface area contributed by atoms with E-state index in [2.05, 4.69) is 48.9 Å². The van der Waals surface area contributed by atoms with Gasteiger partial charge in [0.25, 0.3) is 0 Å². The molecule has 3 rings (SSSR count). The Kier molecular flexibility index (Phi) is 3.15. The fourth-order valence-corrected chi connectivity index (χ4v) is 2.77. The van der Waals surface area contributed by atoms with Gasteiger partial charge in [-0.1, -0.05) is 41.5 Å². The Morgan fingerprint density at radius 1 is 1.00 bits per heavy atom. The first-order valence-corrected chi connectivity index (χ1v) is 6.77. The molecule has 0 unspecified atom stereocenters. The summed E-state index contributed by atoms with van der Waals surface area (Å²) < 4.78 is 2.19. The van der Waals surface area contributed by atoms with Gasteiger partial charge < -0.3 is 4.57 Å². The number of hydrogen-bond donors (Lipinski definition) is 0. The van der Waals surface area contributed by atoms with E-state index < -0.39 is 0 Å². The number of fused-ring (bicyclic) bond motifs is 1. The first kappa shape index (κ1) is 12.7. The molecule has 0 saturated carbocycles. The van der Waals surface area contributed by atoms with E-state index in [1.807, 2.05) is 18.2 Å². The maximum absolute atomic E-state index is 10.9. The third-order valence-electron chi connectivity index (χ3n) is 3.57. The van der Waals surface area contributed by atoms with E-state index in [0.717, 1.165) is 23.9 Å². The molecule has 1 heterocycles. The quantitative estimate of drug-likeness (QED) is 0.651. The Bertz CT molecular complexity index is 763. The fraction of sp³-hybridized carbons (Fsp3) is 0.167. The molecule has 0 atom stereocenters. The average Bonchev–Trinajstić information content (AvgIpc) is 2.80. The number of aryl methyl sites for hydroxylation is 2. The van der Waals surface area contributed by atoms with E-state index in [0.29, 0.717) is 0 Å². The van der Waals surface area contributed by atoms with Crippen LogP contribution < -0.4 is 0 Å². The number of carbonyl (C=O) groups excluding carboxylic acids is 1. The second-order valence-electron chi connectivity index (χ2n) is 5.38. The zero-order valence-electron chi connectivity index (χ0n) is 11.8. The van der Waals surface area contributed by atoms with Gasteiger partial charge in [-0.05, 0) is 36.9 Å². The van der Waals surface area contributed by atoms with E-state index in [4.69, 9.17) is 0 Å². The van der Waals surface area contributed by atoms with Crippen LogP contribution in [0, 0.1) is 13.8 Å². The minimum absolute atomic E-state index is 0.720. The van der Waals surface area contributed by atoms with Crippen LogP contribution in [-0.4, -0.2) is 10.9 Å². The molecule has 0 spiro atoms. The monoisotopic (exact) mass is 263 g/mol. The summed E-state index contributed by atoms with van der Waals surface area (Å²) in [6.07, 6.45) is 2.98. The van der Waals surface area contributed by atoms with Crippen molar-refractivity contribution in [2.75, 3.05) is 0 Å². The van der Waals surface area contributed by atoms with Crippen molar-refractivity contribution in [1.82, 2.24) is 4.57 Å². The molecule has 2 aromatic carbocycles. The fourth-order valence-electron chi connectivity index (χ4n) is 2.77. The van der Waals surface area contributed by atoms with Crippen molar-refractivity contribution in [3.8, 4) is 0 Å². The Hall–Kier alpha value is -2.35. The van der Waals surface area contributed by atoms with E-state index in [-0.39, 0.29) is 0 Å². The number of benzene rings is 2. The highest BCUT2D eigenvalue weighted by Crippen LogP contribution is 2.19. The summed E-state index contributed by atoms with van der Waals surface area (Å²) >= 11 is 0. The number of aromatic nitrogens is 1. The second kappa shape index (κ2) is 4.97. The smallest absolute Gasteiger partial charge is 0.150 e. The minimum Gasteiger partial charge on any atom is -0.343 e. The molecule has 2 nitrogen and oxygen atoms in total. The predicted octanol–water partition coefficient (Wildman–Crippen LogP) is 4.12. The lowest BCUT2D eigenvalue weighted by atomic mass is 10.1. The zero-order chi connectivity index (χ0) is 14.1. The van der Waals surface area contributed by atoms with E-state index in [9.17, 15) is 4.79 Å². The summed E-state index contributed by atoms with van der Waals surface area (Å²) in [5, 5.41) is 1.17. The molecule has 0 aliphatic carbocycles. The Morgan fingerprint density at radius 2 is 1.75 bits per heavy atom. The first-order valence-electron chi connectivity index (χ1n) is 6.77. The maximum Gasteiger partial charge on any atom is 0.150 e. The van der Waals surface area contributed by atoms with Gasteiger partial charge in [-0.25, -0.2) is 0 Å². The van der Waals surface area contributed by atoms with E-state index in [1.54, 1.807) is 0 Å². The van der Waals surface area contributed by atoms with Gasteiger partial charge in [0, 0.05) is 23.8 Å². The molecular weight excluding hydrogens is 246 g/mol. The number of nitrogens with zero attached hydrogens (tertiary/aromatic N) is 1. The van der Waals surface area contributed by atoms with Crippen LogP contribution in [0.25, 0.3) is 10.9 Å². The molecule has 2 heteroatoms. The second-order valence-corrected chi connectivity index (χ2v) is 5.38. The predicted molar refractivity (Wildman–Crippen MR) is 82.3 cm³/mol. The Morgan fingerprint density at radius 3 is 2.45 bits per heavy atom. The summed E-state index contributed by atoms with van der Waals surface area (Å²) in [5.41, 5.74) is 5.68. The van der Waals surface area contributed by atoms with Crippen molar-refractivity contribution in [2.24, 2.45) is 0 Å². The van der Waals surface area contributed by atoms with Gasteiger partial charge in [-0.3, -0.25) is 4.79 Å². The molecule has 0 N–H and O–H groups in total. The summed E-state index contributed by atoms with van der Waals surface area (Å²) in [6.45, 7) is 5.07. The zero-order valence-corrected chi connectivity index (χ0v) is 11.8. The molecule has 0 radical (unpaired) electrons. The van der Waals surface area contributed by atoms with Crippen molar-refractivity contribution in [2.45, 2.75) is 20.4 Å². The highest BCUT2D eigenvalue weighted by atomic mass is 16.1. The summed E-state index contributed by atoms with van der Waals surface area (Å²) in [4.78, 5) is 10.9. The highest BCUT2D eigenvalue weighted by Gasteiger charge is 2.04. The molecule has 0 fully saturated rings. The SMILES string of the molecule is Cc1cc(C)cc(Cn2ccc3ccc(C=O)cc32)c1. The van der Waals surface area contributed by atoms with Crippen LogP contribution in [-0.2, 0) is 6.54 Å². The molecule has 0 bridgehead atoms. The van der Waals surface area contributed by atoms with Crippen LogP contribution >= 0.6 is 0 Å². The van der Waals surface area contributed by atoms with Crippen molar-refractivity contribution in [3.05, 3.63) is 70.9 Å². The van der Waals surface area contributed by atoms with Gasteiger partial charge in [0.15, 0.2) is 0 Å². The summed E-state index contributed by atoms with van der Waals surface area (Å²) in [7, 11) is 0. The third kappa shape index (κ3) is 2.37. The van der Waals surface area contributed by atoms with Gasteiger partial charge in [-0.2, -0.15) is 0 Å². The first-order chi connectivity index (χ1) is 9.65. The van der Waals surface area contributed by atoms with Gasteiger partial charge in [0.05, 0.1) is 0 Å². The number of aldehydes is 1. The number of rotatable bonds is 3. The normalized spacial score (nSPS) is 10.9. The summed E-state index contributed by atoms with van der Waals surface area (Å²) in [6, 6.07) is 14.5. The van der Waals surface area contributed by atoms with Crippen LogP contribution in [0.1, 0.15) is 27.0 Å². The highest BCUT2D eigenvalue weighted by molar-refractivity contribution is 5.87. The largest absolute Gasteiger partial charge is 0.343 e. The summed E-state index contributed by atoms with van der Waals surface area (Å²) in [5.74, 6) is 0. The number of hydrogen-bond acceptors (Lipinski definition) is 1. The topological polar surface area (TPSA) is 22.0 Å². The van der Waals surface area contributed by atoms with Crippen LogP contribution in [0.5, 0.6) is 0 Å². The molecule has 0 aliphatic rings. The van der Waals surface area contributed by atoms with Crippen LogP contribution in [0.3, 0.4) is 0 Å². The van der Waals surface area contributed by atoms with E-state index in [1.165, 1.54) is 22.1 Å². The standard InChI is InChI=1S/C18H17NO/c1-13-7-14(2)9-16(8-13)11-19-6-5-17-4-3-15(12-20)10-18(17)19/h3-10,12H,11H2,1-2H3. The lowest BCUT2D eigenvalue weighted by molar-refractivity contribution is 0.112. The van der Waals surface area contributed by atoms with Gasteiger partial charge in [-0.15, -0.1) is 0 Å². The average molecular weight is 263 g/mol. The van der Waals surface area contributed by atoms with Crippen LogP contribution in [0.2, 0.25) is 0 Å². The van der Waals surface area contributed by atoms with Gasteiger partial charge >= 0.3 is 0 Å². The molecule has 100 valence electrons. The van der Waals surface area contributed by atoms with Crippen molar-refractivity contribution in [1.29, 1.82) is 0 Å². The molecule has 1 aromatic heterocycles. The van der Waals surface area contributed by atoms with Crippen molar-refractivity contribution >= 4 is 17.2 Å². The van der Waals surface area contributed by atoms with E-state index >= 15 is 0 Å². The van der Waals surface area contributed by atoms with Gasteiger partial charge in [0.1, 0.15) is 6.29 Å². The molecule has 20 heavy (non-hydrogen) atoms. The maximum atomic E-state index is 10.9. The molecule has 0 aliphatic heterocycles. The molecular formula is C18H17NO.